The smallest absolute Gasteiger partial charge is 0.232 e. The Morgan fingerprint density at radius 3 is 2.65 bits per heavy atom. The summed E-state index contributed by atoms with van der Waals surface area (Å²) in [6, 6.07) is 11.9. The number of hydrogen-bond donors (Lipinski definition) is 1. The lowest BCUT2D eigenvalue weighted by molar-refractivity contribution is -0.0509. The molecule has 0 unspecified atom stereocenters. The second-order valence-corrected chi connectivity index (χ2v) is 6.19. The number of carbonyl (C=O) groups excluding carboxylic acids is 2. The molecule has 1 N–H and O–H groups in total. The number of anilines is 1. The topological polar surface area (TPSA) is 64.6 Å². The van der Waals surface area contributed by atoms with Gasteiger partial charge in [0.2, 0.25) is 12.1 Å². The quantitative estimate of drug-likeness (QED) is 0.620. The number of hydrogen-bond acceptors (Lipinski definition) is 5. The van der Waals surface area contributed by atoms with Crippen LogP contribution in [0.4, 0.5) is 5.69 Å². The highest BCUT2D eigenvalue weighted by Gasteiger charge is 2.32. The maximum absolute atomic E-state index is 12.8. The molecular weight excluding hydrogens is 354 g/mol. The van der Waals surface area contributed by atoms with E-state index in [2.05, 4.69) is 5.32 Å². The van der Waals surface area contributed by atoms with Gasteiger partial charge in [-0.2, -0.15) is 0 Å². The van der Waals surface area contributed by atoms with Crippen molar-refractivity contribution in [3.8, 4) is 5.75 Å². The van der Waals surface area contributed by atoms with Crippen LogP contribution in [0.2, 0.25) is 5.02 Å². The van der Waals surface area contributed by atoms with E-state index in [1.807, 2.05) is 6.92 Å². The monoisotopic (exact) mass is 371 g/mol. The van der Waals surface area contributed by atoms with Crippen molar-refractivity contribution in [2.45, 2.75) is 20.1 Å². The van der Waals surface area contributed by atoms with Crippen molar-refractivity contribution in [3.05, 3.63) is 70.4 Å². The fourth-order valence-electron chi connectivity index (χ4n) is 2.59. The highest BCUT2D eigenvalue weighted by atomic mass is 35.5. The van der Waals surface area contributed by atoms with Gasteiger partial charge in [-0.15, -0.1) is 0 Å². The van der Waals surface area contributed by atoms with Crippen molar-refractivity contribution in [1.29, 1.82) is 0 Å². The van der Waals surface area contributed by atoms with Gasteiger partial charge in [-0.1, -0.05) is 11.6 Å². The van der Waals surface area contributed by atoms with E-state index in [4.69, 9.17) is 21.1 Å². The Kier molecular flexibility index (Phi) is 5.40. The molecule has 3 rings (SSSR count). The second-order valence-electron chi connectivity index (χ2n) is 5.75. The van der Waals surface area contributed by atoms with E-state index in [-0.39, 0.29) is 11.6 Å². The Hall–Kier alpha value is -2.63. The molecule has 1 heterocycles. The van der Waals surface area contributed by atoms with E-state index >= 15 is 0 Å². The van der Waals surface area contributed by atoms with Crippen molar-refractivity contribution in [1.82, 2.24) is 0 Å². The van der Waals surface area contributed by atoms with Crippen molar-refractivity contribution in [3.63, 3.8) is 0 Å². The lowest BCUT2D eigenvalue weighted by atomic mass is 10.00. The maximum Gasteiger partial charge on any atom is 0.232 e. The maximum atomic E-state index is 12.8. The van der Waals surface area contributed by atoms with Gasteiger partial charge in [0.05, 0.1) is 11.1 Å². The van der Waals surface area contributed by atoms with Crippen LogP contribution in [0, 0.1) is 0 Å². The molecule has 0 fully saturated rings. The minimum Gasteiger partial charge on any atom is -0.460 e. The molecule has 26 heavy (non-hydrogen) atoms. The summed E-state index contributed by atoms with van der Waals surface area (Å²) in [5.41, 5.74) is 2.10. The first kappa shape index (κ1) is 18.2. The highest BCUT2D eigenvalue weighted by Crippen LogP contribution is 2.33. The van der Waals surface area contributed by atoms with Crippen LogP contribution < -0.4 is 10.1 Å². The van der Waals surface area contributed by atoms with E-state index in [1.165, 1.54) is 6.92 Å². The summed E-state index contributed by atoms with van der Waals surface area (Å²) in [5.74, 6) is 0.233. The summed E-state index contributed by atoms with van der Waals surface area (Å²) in [5, 5.41) is 3.52. The third-order valence-corrected chi connectivity index (χ3v) is 4.18. The zero-order chi connectivity index (χ0) is 18.7. The Bertz CT molecular complexity index is 874. The highest BCUT2D eigenvalue weighted by molar-refractivity contribution is 6.31. The number of ketones is 2. The standard InChI is InChI=1S/C20H18ClNO4/c1-3-25-20-17(11-22-15-7-4-13(5-8-15)12(2)23)19(24)16-10-14(21)6-9-18(16)26-20/h4-11,20,22H,3H2,1-2H3/b17-11-/t20-/m1/s1. The number of carbonyl (C=O) groups is 2. The number of rotatable bonds is 5. The first-order valence-electron chi connectivity index (χ1n) is 8.19. The molecule has 5 nitrogen and oxygen atoms in total. The van der Waals surface area contributed by atoms with Gasteiger partial charge in [0.25, 0.3) is 0 Å². The SMILES string of the molecule is CCO[C@@H]1Oc2ccc(Cl)cc2C(=O)/C1=C/Nc1ccc(C(C)=O)cc1. The second kappa shape index (κ2) is 7.72. The lowest BCUT2D eigenvalue weighted by Crippen LogP contribution is -2.33. The Labute approximate surface area is 156 Å². The molecule has 1 atom stereocenters. The van der Waals surface area contributed by atoms with E-state index in [1.54, 1.807) is 48.7 Å². The molecule has 0 saturated carbocycles. The van der Waals surface area contributed by atoms with Crippen LogP contribution in [-0.4, -0.2) is 24.5 Å². The fourth-order valence-corrected chi connectivity index (χ4v) is 2.77. The Morgan fingerprint density at radius 1 is 1.27 bits per heavy atom. The van der Waals surface area contributed by atoms with E-state index in [0.29, 0.717) is 34.1 Å². The van der Waals surface area contributed by atoms with E-state index in [0.717, 1.165) is 5.69 Å². The molecule has 0 radical (unpaired) electrons. The number of halogens is 1. The zero-order valence-electron chi connectivity index (χ0n) is 14.4. The normalized spacial score (nSPS) is 17.6. The minimum atomic E-state index is -0.801. The zero-order valence-corrected chi connectivity index (χ0v) is 15.2. The van der Waals surface area contributed by atoms with Crippen LogP contribution in [0.25, 0.3) is 0 Å². The lowest BCUT2D eigenvalue weighted by Gasteiger charge is -2.27. The van der Waals surface area contributed by atoms with Gasteiger partial charge in [-0.25, -0.2) is 0 Å². The summed E-state index contributed by atoms with van der Waals surface area (Å²) in [6.45, 7) is 3.74. The van der Waals surface area contributed by atoms with Gasteiger partial charge in [-0.3, -0.25) is 9.59 Å². The van der Waals surface area contributed by atoms with Gasteiger partial charge in [0, 0.05) is 29.1 Å². The molecule has 0 saturated heterocycles. The van der Waals surface area contributed by atoms with Crippen molar-refractivity contribution < 1.29 is 19.1 Å². The summed E-state index contributed by atoms with van der Waals surface area (Å²) < 4.78 is 11.4. The molecule has 0 bridgehead atoms. The molecule has 0 amide bonds. The summed E-state index contributed by atoms with van der Waals surface area (Å²) in [7, 11) is 0. The molecule has 1 aliphatic heterocycles. The van der Waals surface area contributed by atoms with Crippen LogP contribution in [-0.2, 0) is 4.74 Å². The number of fused-ring (bicyclic) bond motifs is 1. The summed E-state index contributed by atoms with van der Waals surface area (Å²) >= 11 is 6.00. The fraction of sp³-hybridized carbons (Fsp3) is 0.200. The molecule has 0 aliphatic carbocycles. The summed E-state index contributed by atoms with van der Waals surface area (Å²) in [4.78, 5) is 24.2. The first-order valence-corrected chi connectivity index (χ1v) is 8.57. The number of benzene rings is 2. The largest absolute Gasteiger partial charge is 0.460 e. The number of ether oxygens (including phenoxy) is 2. The number of Topliss-reactive ketones (excluding diaryl/α,β-unsaturated/α-hetero) is 2. The molecule has 2 aromatic rings. The number of nitrogens with one attached hydrogen (secondary N) is 1. The van der Waals surface area contributed by atoms with E-state index in [9.17, 15) is 9.59 Å². The van der Waals surface area contributed by atoms with Crippen LogP contribution in [0.1, 0.15) is 34.6 Å². The predicted molar refractivity (Wildman–Crippen MR) is 100.0 cm³/mol. The van der Waals surface area contributed by atoms with Gasteiger partial charge in [0.1, 0.15) is 5.75 Å². The molecule has 0 aromatic heterocycles. The third kappa shape index (κ3) is 3.79. The summed E-state index contributed by atoms with van der Waals surface area (Å²) in [6.07, 6.45) is 0.764. The van der Waals surface area contributed by atoms with Gasteiger partial charge < -0.3 is 14.8 Å². The Morgan fingerprint density at radius 2 is 2.00 bits per heavy atom. The van der Waals surface area contributed by atoms with Crippen LogP contribution in [0.15, 0.2) is 54.2 Å². The third-order valence-electron chi connectivity index (χ3n) is 3.94. The van der Waals surface area contributed by atoms with Crippen molar-refractivity contribution >= 4 is 28.9 Å². The predicted octanol–water partition coefficient (Wildman–Crippen LogP) is 4.48. The van der Waals surface area contributed by atoms with Gasteiger partial charge in [-0.05, 0) is 56.3 Å². The minimum absolute atomic E-state index is 0.00402. The Balaban J connectivity index is 1.88. The van der Waals surface area contributed by atoms with Crippen molar-refractivity contribution in [2.24, 2.45) is 0 Å². The molecule has 2 aromatic carbocycles. The van der Waals surface area contributed by atoms with Crippen molar-refractivity contribution in [2.75, 3.05) is 11.9 Å². The van der Waals surface area contributed by atoms with Crippen LogP contribution in [0.5, 0.6) is 5.75 Å². The first-order chi connectivity index (χ1) is 12.5. The van der Waals surface area contributed by atoms with Gasteiger partial charge >= 0.3 is 0 Å². The molecule has 6 heteroatoms. The average molecular weight is 372 g/mol. The van der Waals surface area contributed by atoms with Crippen LogP contribution in [0.3, 0.4) is 0 Å². The molecule has 1 aliphatic rings. The molecule has 134 valence electrons. The molecule has 0 spiro atoms. The van der Waals surface area contributed by atoms with Gasteiger partial charge in [0.15, 0.2) is 5.78 Å². The van der Waals surface area contributed by atoms with Crippen LogP contribution >= 0.6 is 11.6 Å². The molecular formula is C20H18ClNO4. The van der Waals surface area contributed by atoms with E-state index < -0.39 is 6.29 Å². The average Bonchev–Trinajstić information content (AvgIpc) is 2.63.